The second-order valence-corrected chi connectivity index (χ2v) is 4.11. The third-order valence-electron chi connectivity index (χ3n) is 2.71. The largest absolute Gasteiger partial charge is 0.249 e. The molecule has 0 radical (unpaired) electrons. The molecule has 0 N–H and O–H groups in total. The van der Waals surface area contributed by atoms with Gasteiger partial charge >= 0.3 is 0 Å². The Kier molecular flexibility index (Phi) is 3.00. The van der Waals surface area contributed by atoms with Crippen molar-refractivity contribution in [3.05, 3.63) is 39.8 Å². The standard InChI is InChI=1S/C12H9ClF3N/c1-3-8-5(2)10(13)9-11(16)6(14)4-7(15)12(9)17-8/h4H,3H2,1-2H3. The van der Waals surface area contributed by atoms with E-state index in [4.69, 9.17) is 11.6 Å². The zero-order valence-corrected chi connectivity index (χ0v) is 10.00. The molecular weight excluding hydrogens is 251 g/mol. The van der Waals surface area contributed by atoms with Gasteiger partial charge < -0.3 is 0 Å². The van der Waals surface area contributed by atoms with Crippen molar-refractivity contribution in [2.45, 2.75) is 20.3 Å². The normalized spacial score (nSPS) is 11.2. The van der Waals surface area contributed by atoms with Crippen LogP contribution < -0.4 is 0 Å². The summed E-state index contributed by atoms with van der Waals surface area (Å²) < 4.78 is 40.2. The first-order valence-corrected chi connectivity index (χ1v) is 5.47. The number of halogens is 4. The molecule has 90 valence electrons. The summed E-state index contributed by atoms with van der Waals surface area (Å²) in [5.41, 5.74) is 0.898. The highest BCUT2D eigenvalue weighted by molar-refractivity contribution is 6.36. The van der Waals surface area contributed by atoms with Crippen molar-refractivity contribution < 1.29 is 13.2 Å². The zero-order chi connectivity index (χ0) is 12.7. The number of aromatic nitrogens is 1. The molecule has 1 heterocycles. The van der Waals surface area contributed by atoms with Gasteiger partial charge in [0, 0.05) is 11.8 Å². The summed E-state index contributed by atoms with van der Waals surface area (Å²) in [6.45, 7) is 3.48. The molecule has 2 rings (SSSR count). The van der Waals surface area contributed by atoms with Crippen molar-refractivity contribution in [3.63, 3.8) is 0 Å². The minimum atomic E-state index is -1.26. The summed E-state index contributed by atoms with van der Waals surface area (Å²) in [5.74, 6) is -3.33. The minimum Gasteiger partial charge on any atom is -0.249 e. The molecule has 17 heavy (non-hydrogen) atoms. The average Bonchev–Trinajstić information content (AvgIpc) is 2.29. The molecule has 0 saturated carbocycles. The lowest BCUT2D eigenvalue weighted by atomic mass is 10.1. The van der Waals surface area contributed by atoms with Crippen LogP contribution in [0.3, 0.4) is 0 Å². The van der Waals surface area contributed by atoms with E-state index in [1.165, 1.54) is 0 Å². The van der Waals surface area contributed by atoms with Gasteiger partial charge in [0.15, 0.2) is 17.5 Å². The number of fused-ring (bicyclic) bond motifs is 1. The Morgan fingerprint density at radius 2 is 1.88 bits per heavy atom. The minimum absolute atomic E-state index is 0.0164. The molecule has 1 aromatic heterocycles. The van der Waals surface area contributed by atoms with Crippen LogP contribution in [0, 0.1) is 24.4 Å². The van der Waals surface area contributed by atoms with Gasteiger partial charge in [-0.2, -0.15) is 0 Å². The number of rotatable bonds is 1. The molecule has 0 saturated heterocycles. The van der Waals surface area contributed by atoms with E-state index in [1.807, 2.05) is 6.92 Å². The summed E-state index contributed by atoms with van der Waals surface area (Å²) in [5, 5.41) is -0.276. The van der Waals surface area contributed by atoms with Gasteiger partial charge in [-0.3, -0.25) is 0 Å². The molecule has 1 aromatic carbocycles. The van der Waals surface area contributed by atoms with E-state index in [0.717, 1.165) is 0 Å². The molecule has 0 aliphatic rings. The fraction of sp³-hybridized carbons (Fsp3) is 0.250. The van der Waals surface area contributed by atoms with E-state index >= 15 is 0 Å². The van der Waals surface area contributed by atoms with Crippen molar-refractivity contribution >= 4 is 22.5 Å². The maximum absolute atomic E-state index is 13.6. The van der Waals surface area contributed by atoms with Crippen molar-refractivity contribution in [2.24, 2.45) is 0 Å². The SMILES string of the molecule is CCc1nc2c(F)cc(F)c(F)c2c(Cl)c1C. The summed E-state index contributed by atoms with van der Waals surface area (Å²) in [6.07, 6.45) is 0.542. The molecule has 0 aliphatic heterocycles. The van der Waals surface area contributed by atoms with E-state index < -0.39 is 17.5 Å². The van der Waals surface area contributed by atoms with Gasteiger partial charge in [0.1, 0.15) is 5.52 Å². The molecule has 5 heteroatoms. The van der Waals surface area contributed by atoms with Gasteiger partial charge in [-0.05, 0) is 18.9 Å². The Hall–Kier alpha value is -1.29. The number of pyridine rings is 1. The predicted octanol–water partition coefficient (Wildman–Crippen LogP) is 4.18. The second-order valence-electron chi connectivity index (χ2n) is 3.73. The Bertz CT molecular complexity index is 611. The Morgan fingerprint density at radius 3 is 2.47 bits per heavy atom. The van der Waals surface area contributed by atoms with E-state index in [1.54, 1.807) is 6.92 Å². The smallest absolute Gasteiger partial charge is 0.169 e. The van der Waals surface area contributed by atoms with Gasteiger partial charge in [-0.1, -0.05) is 18.5 Å². The monoisotopic (exact) mass is 259 g/mol. The first-order valence-electron chi connectivity index (χ1n) is 5.09. The van der Waals surface area contributed by atoms with Crippen LogP contribution >= 0.6 is 11.6 Å². The lowest BCUT2D eigenvalue weighted by Crippen LogP contribution is -2.00. The predicted molar refractivity (Wildman–Crippen MR) is 60.7 cm³/mol. The van der Waals surface area contributed by atoms with E-state index in [0.29, 0.717) is 23.7 Å². The molecule has 0 bridgehead atoms. The molecule has 0 unspecified atom stereocenters. The Balaban J connectivity index is 3.01. The Labute approximate surface area is 101 Å². The topological polar surface area (TPSA) is 12.9 Å². The number of hydrogen-bond acceptors (Lipinski definition) is 1. The second kappa shape index (κ2) is 4.18. The summed E-state index contributed by atoms with van der Waals surface area (Å²) in [6, 6.07) is 0.482. The molecule has 1 nitrogen and oxygen atoms in total. The first kappa shape index (κ1) is 12.2. The van der Waals surface area contributed by atoms with Crippen LogP contribution in [-0.4, -0.2) is 4.98 Å². The molecule has 0 spiro atoms. The molecule has 2 aromatic rings. The van der Waals surface area contributed by atoms with E-state index in [9.17, 15) is 13.2 Å². The number of nitrogens with zero attached hydrogens (tertiary/aromatic N) is 1. The van der Waals surface area contributed by atoms with Gasteiger partial charge in [-0.15, -0.1) is 0 Å². The molecule has 0 amide bonds. The highest BCUT2D eigenvalue weighted by atomic mass is 35.5. The van der Waals surface area contributed by atoms with Crippen molar-refractivity contribution in [1.29, 1.82) is 0 Å². The fourth-order valence-corrected chi connectivity index (χ4v) is 2.05. The van der Waals surface area contributed by atoms with E-state index in [-0.39, 0.29) is 15.9 Å². The first-order chi connectivity index (χ1) is 7.97. The van der Waals surface area contributed by atoms with Crippen LogP contribution in [0.5, 0.6) is 0 Å². The van der Waals surface area contributed by atoms with Crippen molar-refractivity contribution in [2.75, 3.05) is 0 Å². The quantitative estimate of drug-likeness (QED) is 0.700. The third-order valence-corrected chi connectivity index (χ3v) is 3.18. The Morgan fingerprint density at radius 1 is 1.24 bits per heavy atom. The average molecular weight is 260 g/mol. The highest BCUT2D eigenvalue weighted by Gasteiger charge is 2.19. The van der Waals surface area contributed by atoms with Gasteiger partial charge in [0.25, 0.3) is 0 Å². The molecule has 0 atom stereocenters. The van der Waals surface area contributed by atoms with Gasteiger partial charge in [0.05, 0.1) is 10.4 Å². The van der Waals surface area contributed by atoms with Crippen LogP contribution in [0.4, 0.5) is 13.2 Å². The summed E-state index contributed by atoms with van der Waals surface area (Å²) in [4.78, 5) is 3.99. The van der Waals surface area contributed by atoms with Crippen LogP contribution in [0.2, 0.25) is 5.02 Å². The van der Waals surface area contributed by atoms with Gasteiger partial charge in [-0.25, -0.2) is 18.2 Å². The zero-order valence-electron chi connectivity index (χ0n) is 9.24. The summed E-state index contributed by atoms with van der Waals surface area (Å²) >= 11 is 5.95. The maximum Gasteiger partial charge on any atom is 0.169 e. The van der Waals surface area contributed by atoms with Crippen molar-refractivity contribution in [1.82, 2.24) is 4.98 Å². The fourth-order valence-electron chi connectivity index (χ4n) is 1.77. The van der Waals surface area contributed by atoms with E-state index in [2.05, 4.69) is 4.98 Å². The van der Waals surface area contributed by atoms with Crippen LogP contribution in [0.15, 0.2) is 6.07 Å². The summed E-state index contributed by atoms with van der Waals surface area (Å²) in [7, 11) is 0. The lowest BCUT2D eigenvalue weighted by Gasteiger charge is -2.10. The van der Waals surface area contributed by atoms with Crippen LogP contribution in [-0.2, 0) is 6.42 Å². The van der Waals surface area contributed by atoms with Crippen LogP contribution in [0.1, 0.15) is 18.2 Å². The van der Waals surface area contributed by atoms with Gasteiger partial charge in [0.2, 0.25) is 0 Å². The molecular formula is C12H9ClF3N. The molecule has 0 fully saturated rings. The maximum atomic E-state index is 13.6. The van der Waals surface area contributed by atoms with Crippen molar-refractivity contribution in [3.8, 4) is 0 Å². The van der Waals surface area contributed by atoms with Crippen LogP contribution in [0.25, 0.3) is 10.9 Å². The number of aryl methyl sites for hydroxylation is 1. The number of hydrogen-bond donors (Lipinski definition) is 0. The highest BCUT2D eigenvalue weighted by Crippen LogP contribution is 2.32. The molecule has 0 aliphatic carbocycles. The third kappa shape index (κ3) is 1.76. The number of benzene rings is 1. The lowest BCUT2D eigenvalue weighted by molar-refractivity contribution is 0.505.